The maximum atomic E-state index is 12.5. The minimum absolute atomic E-state index is 0.0120. The van der Waals surface area contributed by atoms with Gasteiger partial charge in [0.25, 0.3) is 5.91 Å². The van der Waals surface area contributed by atoms with Crippen LogP contribution in [0.2, 0.25) is 0 Å². The molecule has 2 aliphatic heterocycles. The average Bonchev–Trinajstić information content (AvgIpc) is 2.70. The van der Waals surface area contributed by atoms with Crippen LogP contribution in [-0.2, 0) is 9.59 Å². The Balaban J connectivity index is 1.41. The third-order valence-electron chi connectivity index (χ3n) is 5.70. The van der Waals surface area contributed by atoms with Crippen LogP contribution < -0.4 is 4.74 Å². The number of benzene rings is 1. The van der Waals surface area contributed by atoms with Crippen LogP contribution in [0.1, 0.15) is 30.4 Å². The molecule has 0 aromatic heterocycles. The first kappa shape index (κ1) is 19.7. The Bertz CT molecular complexity index is 663. The van der Waals surface area contributed by atoms with Crippen molar-refractivity contribution in [2.24, 2.45) is 0 Å². The first-order chi connectivity index (χ1) is 13.0. The highest BCUT2D eigenvalue weighted by molar-refractivity contribution is 5.79. The molecule has 0 N–H and O–H groups in total. The van der Waals surface area contributed by atoms with Crippen molar-refractivity contribution in [1.29, 1.82) is 0 Å². The quantitative estimate of drug-likeness (QED) is 0.790. The van der Waals surface area contributed by atoms with Gasteiger partial charge < -0.3 is 14.5 Å². The third kappa shape index (κ3) is 5.22. The number of nitrogens with zero attached hydrogens (tertiary/aromatic N) is 3. The van der Waals surface area contributed by atoms with Gasteiger partial charge in [-0.15, -0.1) is 0 Å². The van der Waals surface area contributed by atoms with E-state index in [4.69, 9.17) is 4.74 Å². The molecule has 2 heterocycles. The minimum atomic E-state index is 0.0120. The lowest BCUT2D eigenvalue weighted by atomic mass is 10.1. The topological polar surface area (TPSA) is 53.1 Å². The molecule has 2 aliphatic rings. The van der Waals surface area contributed by atoms with Crippen LogP contribution in [0.25, 0.3) is 0 Å². The fourth-order valence-electron chi connectivity index (χ4n) is 3.70. The van der Waals surface area contributed by atoms with Crippen molar-refractivity contribution in [1.82, 2.24) is 14.7 Å². The second-order valence-electron chi connectivity index (χ2n) is 7.59. The number of carbonyl (C=O) groups is 2. The number of hydrogen-bond donors (Lipinski definition) is 0. The molecule has 2 amide bonds. The summed E-state index contributed by atoms with van der Waals surface area (Å²) in [5, 5.41) is 0. The first-order valence-electron chi connectivity index (χ1n) is 10.0. The third-order valence-corrected chi connectivity index (χ3v) is 5.70. The van der Waals surface area contributed by atoms with Gasteiger partial charge in [0.2, 0.25) is 5.91 Å². The van der Waals surface area contributed by atoms with E-state index in [-0.39, 0.29) is 18.4 Å². The van der Waals surface area contributed by atoms with Gasteiger partial charge in [0, 0.05) is 39.3 Å². The predicted molar refractivity (Wildman–Crippen MR) is 105 cm³/mol. The van der Waals surface area contributed by atoms with Crippen molar-refractivity contribution >= 4 is 11.8 Å². The molecule has 6 nitrogen and oxygen atoms in total. The number of piperazine rings is 1. The summed E-state index contributed by atoms with van der Waals surface area (Å²) in [5.74, 6) is 1.01. The van der Waals surface area contributed by atoms with Gasteiger partial charge in [0.1, 0.15) is 5.75 Å². The smallest absolute Gasteiger partial charge is 0.260 e. The van der Waals surface area contributed by atoms with Gasteiger partial charge in [-0.05, 0) is 50.3 Å². The van der Waals surface area contributed by atoms with Gasteiger partial charge in [0.15, 0.2) is 6.61 Å². The maximum absolute atomic E-state index is 12.5. The number of likely N-dealkylation sites (tertiary alicyclic amines) is 1. The van der Waals surface area contributed by atoms with Crippen molar-refractivity contribution < 1.29 is 14.3 Å². The zero-order valence-corrected chi connectivity index (χ0v) is 16.6. The van der Waals surface area contributed by atoms with Crippen LogP contribution in [0.5, 0.6) is 5.75 Å². The van der Waals surface area contributed by atoms with Crippen LogP contribution in [0.15, 0.2) is 18.2 Å². The van der Waals surface area contributed by atoms with Gasteiger partial charge in [-0.1, -0.05) is 12.1 Å². The highest BCUT2D eigenvalue weighted by Crippen LogP contribution is 2.20. The zero-order chi connectivity index (χ0) is 19.2. The van der Waals surface area contributed by atoms with Crippen molar-refractivity contribution in [3.63, 3.8) is 0 Å². The molecule has 1 aromatic carbocycles. The van der Waals surface area contributed by atoms with Crippen LogP contribution in [0.4, 0.5) is 0 Å². The Morgan fingerprint density at radius 3 is 2.26 bits per heavy atom. The fraction of sp³-hybridized carbons (Fsp3) is 0.619. The van der Waals surface area contributed by atoms with Gasteiger partial charge in [0.05, 0.1) is 6.54 Å². The molecule has 1 aromatic rings. The summed E-state index contributed by atoms with van der Waals surface area (Å²) >= 11 is 0. The fourth-order valence-corrected chi connectivity index (χ4v) is 3.70. The standard InChI is InChI=1S/C21H31N3O3/c1-17-7-6-8-19(18(17)2)27-16-21(26)24-13-11-22(12-14-24)15-20(25)23-9-4-3-5-10-23/h6-8H,3-5,9-16H2,1-2H3. The summed E-state index contributed by atoms with van der Waals surface area (Å²) in [6.45, 7) is 9.17. The molecule has 27 heavy (non-hydrogen) atoms. The number of amides is 2. The SMILES string of the molecule is Cc1cccc(OCC(=O)N2CCN(CC(=O)N3CCCCC3)CC2)c1C. The molecule has 0 radical (unpaired) electrons. The molecule has 148 valence electrons. The summed E-state index contributed by atoms with van der Waals surface area (Å²) in [4.78, 5) is 30.8. The normalized spacial score (nSPS) is 18.4. The second kappa shape index (κ2) is 9.22. The molecule has 0 atom stereocenters. The van der Waals surface area contributed by atoms with E-state index in [0.29, 0.717) is 19.6 Å². The van der Waals surface area contributed by atoms with Crippen molar-refractivity contribution in [3.8, 4) is 5.75 Å². The second-order valence-corrected chi connectivity index (χ2v) is 7.59. The highest BCUT2D eigenvalue weighted by Gasteiger charge is 2.25. The number of hydrogen-bond acceptors (Lipinski definition) is 4. The van der Waals surface area contributed by atoms with Crippen LogP contribution in [-0.4, -0.2) is 78.9 Å². The zero-order valence-electron chi connectivity index (χ0n) is 16.6. The van der Waals surface area contributed by atoms with Gasteiger partial charge >= 0.3 is 0 Å². The van der Waals surface area contributed by atoms with E-state index in [1.54, 1.807) is 0 Å². The number of aryl methyl sites for hydroxylation is 1. The van der Waals surface area contributed by atoms with Gasteiger partial charge in [-0.2, -0.15) is 0 Å². The summed E-state index contributed by atoms with van der Waals surface area (Å²) in [6, 6.07) is 5.88. The highest BCUT2D eigenvalue weighted by atomic mass is 16.5. The Morgan fingerprint density at radius 1 is 0.889 bits per heavy atom. The molecular weight excluding hydrogens is 342 g/mol. The Morgan fingerprint density at radius 2 is 1.56 bits per heavy atom. The Kier molecular flexibility index (Phi) is 6.72. The largest absolute Gasteiger partial charge is 0.483 e. The van der Waals surface area contributed by atoms with Gasteiger partial charge in [-0.3, -0.25) is 14.5 Å². The van der Waals surface area contributed by atoms with Gasteiger partial charge in [-0.25, -0.2) is 0 Å². The van der Waals surface area contributed by atoms with Crippen molar-refractivity contribution in [2.75, 3.05) is 52.4 Å². The summed E-state index contributed by atoms with van der Waals surface area (Å²) in [6.07, 6.45) is 3.47. The first-order valence-corrected chi connectivity index (χ1v) is 10.0. The molecule has 0 bridgehead atoms. The molecule has 2 fully saturated rings. The molecular formula is C21H31N3O3. The summed E-state index contributed by atoms with van der Waals surface area (Å²) in [7, 11) is 0. The Hall–Kier alpha value is -2.08. The minimum Gasteiger partial charge on any atom is -0.483 e. The number of rotatable bonds is 5. The van der Waals surface area contributed by atoms with Crippen LogP contribution in [0.3, 0.4) is 0 Å². The van der Waals surface area contributed by atoms with E-state index in [1.807, 2.05) is 41.8 Å². The van der Waals surface area contributed by atoms with E-state index in [2.05, 4.69) is 4.90 Å². The predicted octanol–water partition coefficient (Wildman–Crippen LogP) is 1.84. The van der Waals surface area contributed by atoms with E-state index in [0.717, 1.165) is 55.9 Å². The van der Waals surface area contributed by atoms with E-state index >= 15 is 0 Å². The molecule has 0 spiro atoms. The number of piperidine rings is 1. The number of carbonyl (C=O) groups excluding carboxylic acids is 2. The molecule has 0 aliphatic carbocycles. The molecule has 2 saturated heterocycles. The lowest BCUT2D eigenvalue weighted by Gasteiger charge is -2.36. The lowest BCUT2D eigenvalue weighted by Crippen LogP contribution is -2.52. The van der Waals surface area contributed by atoms with E-state index < -0.39 is 0 Å². The summed E-state index contributed by atoms with van der Waals surface area (Å²) in [5.41, 5.74) is 2.23. The van der Waals surface area contributed by atoms with Crippen LogP contribution in [0, 0.1) is 13.8 Å². The molecule has 3 rings (SSSR count). The van der Waals surface area contributed by atoms with Crippen LogP contribution >= 0.6 is 0 Å². The summed E-state index contributed by atoms with van der Waals surface area (Å²) < 4.78 is 5.74. The maximum Gasteiger partial charge on any atom is 0.260 e. The molecule has 0 unspecified atom stereocenters. The van der Waals surface area contributed by atoms with E-state index in [1.165, 1.54) is 6.42 Å². The number of ether oxygens (including phenoxy) is 1. The monoisotopic (exact) mass is 373 g/mol. The van der Waals surface area contributed by atoms with E-state index in [9.17, 15) is 9.59 Å². The molecule has 0 saturated carbocycles. The lowest BCUT2D eigenvalue weighted by molar-refractivity contribution is -0.136. The average molecular weight is 373 g/mol. The Labute approximate surface area is 162 Å². The van der Waals surface area contributed by atoms with Crippen molar-refractivity contribution in [3.05, 3.63) is 29.3 Å². The molecule has 6 heteroatoms. The van der Waals surface area contributed by atoms with Crippen molar-refractivity contribution in [2.45, 2.75) is 33.1 Å².